The maximum absolute atomic E-state index is 5.51. The number of benzene rings is 1. The van der Waals surface area contributed by atoms with Gasteiger partial charge in [0.15, 0.2) is 0 Å². The zero-order valence-electron chi connectivity index (χ0n) is 13.0. The van der Waals surface area contributed by atoms with E-state index in [9.17, 15) is 0 Å². The Morgan fingerprint density at radius 3 is 2.14 bits per heavy atom. The Bertz CT molecular complexity index is 593. The predicted octanol–water partition coefficient (Wildman–Crippen LogP) is 4.39. The van der Waals surface area contributed by atoms with Gasteiger partial charge in [0.05, 0.1) is 19.9 Å². The van der Waals surface area contributed by atoms with Gasteiger partial charge in [0, 0.05) is 11.8 Å². The van der Waals surface area contributed by atoms with Crippen molar-refractivity contribution in [3.63, 3.8) is 0 Å². The zero-order chi connectivity index (χ0) is 15.2. The second kappa shape index (κ2) is 6.93. The quantitative estimate of drug-likeness (QED) is 0.815. The van der Waals surface area contributed by atoms with Crippen LogP contribution in [0.25, 0.3) is 12.2 Å². The van der Waals surface area contributed by atoms with E-state index in [1.165, 1.54) is 0 Å². The van der Waals surface area contributed by atoms with Crippen molar-refractivity contribution in [1.82, 2.24) is 4.98 Å². The number of hydrogen-bond donors (Lipinski definition) is 0. The fourth-order valence-corrected chi connectivity index (χ4v) is 2.28. The molecule has 0 N–H and O–H groups in total. The average molecular weight is 283 g/mol. The lowest BCUT2D eigenvalue weighted by Crippen LogP contribution is -1.99. The molecule has 0 atom stereocenters. The van der Waals surface area contributed by atoms with Crippen LogP contribution in [0.3, 0.4) is 0 Å². The lowest BCUT2D eigenvalue weighted by atomic mass is 9.98. The minimum Gasteiger partial charge on any atom is -0.496 e. The molecule has 21 heavy (non-hydrogen) atoms. The standard InChI is InChI=1S/C18H21NO2/c1-13(2)18-16(20-3)11-14(12-17(18)21-4)8-9-15-7-5-6-10-19-15/h5-13H,1-4H3. The summed E-state index contributed by atoms with van der Waals surface area (Å²) in [5, 5.41) is 0. The number of ether oxygens (including phenoxy) is 2. The summed E-state index contributed by atoms with van der Waals surface area (Å²) < 4.78 is 11.0. The molecule has 0 fully saturated rings. The molecule has 0 saturated heterocycles. The summed E-state index contributed by atoms with van der Waals surface area (Å²) in [6.07, 6.45) is 5.77. The molecule has 1 aromatic carbocycles. The van der Waals surface area contributed by atoms with E-state index < -0.39 is 0 Å². The van der Waals surface area contributed by atoms with E-state index in [1.54, 1.807) is 20.4 Å². The smallest absolute Gasteiger partial charge is 0.126 e. The van der Waals surface area contributed by atoms with Crippen molar-refractivity contribution < 1.29 is 9.47 Å². The molecule has 0 aliphatic heterocycles. The summed E-state index contributed by atoms with van der Waals surface area (Å²) in [5.74, 6) is 2.04. The average Bonchev–Trinajstić information content (AvgIpc) is 2.52. The van der Waals surface area contributed by atoms with Crippen molar-refractivity contribution in [3.05, 3.63) is 53.3 Å². The fraction of sp³-hybridized carbons (Fsp3) is 0.278. The number of hydrogen-bond acceptors (Lipinski definition) is 3. The molecule has 0 aliphatic carbocycles. The molecule has 3 nitrogen and oxygen atoms in total. The van der Waals surface area contributed by atoms with Gasteiger partial charge in [-0.1, -0.05) is 26.0 Å². The van der Waals surface area contributed by atoms with Gasteiger partial charge in [-0.2, -0.15) is 0 Å². The Morgan fingerprint density at radius 1 is 1.00 bits per heavy atom. The highest BCUT2D eigenvalue weighted by Gasteiger charge is 2.14. The number of aromatic nitrogens is 1. The van der Waals surface area contributed by atoms with Crippen molar-refractivity contribution in [2.45, 2.75) is 19.8 Å². The topological polar surface area (TPSA) is 31.4 Å². The SMILES string of the molecule is COc1cc(C=Cc2ccccn2)cc(OC)c1C(C)C. The van der Waals surface area contributed by atoms with Crippen LogP contribution in [0.2, 0.25) is 0 Å². The van der Waals surface area contributed by atoms with Crippen LogP contribution >= 0.6 is 0 Å². The minimum absolute atomic E-state index is 0.337. The second-order valence-electron chi connectivity index (χ2n) is 5.08. The number of nitrogens with zero attached hydrogens (tertiary/aromatic N) is 1. The van der Waals surface area contributed by atoms with Gasteiger partial charge in [0.25, 0.3) is 0 Å². The summed E-state index contributed by atoms with van der Waals surface area (Å²) in [6.45, 7) is 4.26. The maximum Gasteiger partial charge on any atom is 0.126 e. The Labute approximate surface area is 126 Å². The van der Waals surface area contributed by atoms with Crippen LogP contribution in [0.1, 0.15) is 36.6 Å². The molecule has 3 heteroatoms. The van der Waals surface area contributed by atoms with Gasteiger partial charge in [-0.3, -0.25) is 4.98 Å². The predicted molar refractivity (Wildman–Crippen MR) is 86.8 cm³/mol. The molecule has 0 aliphatic rings. The molecule has 0 radical (unpaired) electrons. The summed E-state index contributed by atoms with van der Waals surface area (Å²) in [4.78, 5) is 4.28. The van der Waals surface area contributed by atoms with E-state index in [0.29, 0.717) is 5.92 Å². The summed E-state index contributed by atoms with van der Waals surface area (Å²) >= 11 is 0. The molecule has 0 amide bonds. The summed E-state index contributed by atoms with van der Waals surface area (Å²) in [5.41, 5.74) is 3.04. The highest BCUT2D eigenvalue weighted by atomic mass is 16.5. The first kappa shape index (κ1) is 15.1. The Hall–Kier alpha value is -2.29. The molecule has 110 valence electrons. The van der Waals surface area contributed by atoms with Crippen LogP contribution in [0.5, 0.6) is 11.5 Å². The molecule has 0 spiro atoms. The largest absolute Gasteiger partial charge is 0.496 e. The van der Waals surface area contributed by atoms with Crippen molar-refractivity contribution >= 4 is 12.2 Å². The van der Waals surface area contributed by atoms with E-state index >= 15 is 0 Å². The molecule has 2 rings (SSSR count). The summed E-state index contributed by atoms with van der Waals surface area (Å²) in [6, 6.07) is 9.89. The molecule has 1 heterocycles. The zero-order valence-corrected chi connectivity index (χ0v) is 13.0. The van der Waals surface area contributed by atoms with Crippen molar-refractivity contribution in [1.29, 1.82) is 0 Å². The highest BCUT2D eigenvalue weighted by Crippen LogP contribution is 2.36. The van der Waals surface area contributed by atoms with E-state index in [-0.39, 0.29) is 0 Å². The van der Waals surface area contributed by atoms with Gasteiger partial charge in [-0.05, 0) is 41.8 Å². The van der Waals surface area contributed by atoms with Gasteiger partial charge in [0.2, 0.25) is 0 Å². The van der Waals surface area contributed by atoms with Gasteiger partial charge >= 0.3 is 0 Å². The molecule has 2 aromatic rings. The Kier molecular flexibility index (Phi) is 4.99. The Morgan fingerprint density at radius 2 is 1.67 bits per heavy atom. The maximum atomic E-state index is 5.51. The van der Waals surface area contributed by atoms with Crippen molar-refractivity contribution in [3.8, 4) is 11.5 Å². The molecule has 0 unspecified atom stereocenters. The van der Waals surface area contributed by atoms with E-state index in [1.807, 2.05) is 42.5 Å². The third-order valence-corrected chi connectivity index (χ3v) is 3.28. The second-order valence-corrected chi connectivity index (χ2v) is 5.08. The third kappa shape index (κ3) is 3.63. The van der Waals surface area contributed by atoms with Gasteiger partial charge < -0.3 is 9.47 Å². The lowest BCUT2D eigenvalue weighted by Gasteiger charge is -2.17. The summed E-state index contributed by atoms with van der Waals surface area (Å²) in [7, 11) is 3.37. The first-order chi connectivity index (χ1) is 10.2. The van der Waals surface area contributed by atoms with Crippen molar-refractivity contribution in [2.24, 2.45) is 0 Å². The van der Waals surface area contributed by atoms with Crippen LogP contribution < -0.4 is 9.47 Å². The van der Waals surface area contributed by atoms with E-state index in [2.05, 4.69) is 18.8 Å². The van der Waals surface area contributed by atoms with Crippen LogP contribution in [0.4, 0.5) is 0 Å². The monoisotopic (exact) mass is 283 g/mol. The van der Waals surface area contributed by atoms with E-state index in [0.717, 1.165) is 28.3 Å². The first-order valence-electron chi connectivity index (χ1n) is 7.00. The number of pyridine rings is 1. The normalized spacial score (nSPS) is 11.1. The molecule has 1 aromatic heterocycles. The fourth-order valence-electron chi connectivity index (χ4n) is 2.28. The van der Waals surface area contributed by atoms with E-state index in [4.69, 9.17) is 9.47 Å². The third-order valence-electron chi connectivity index (χ3n) is 3.28. The Balaban J connectivity index is 2.39. The van der Waals surface area contributed by atoms with Crippen LogP contribution in [-0.4, -0.2) is 19.2 Å². The number of methoxy groups -OCH3 is 2. The molecule has 0 bridgehead atoms. The van der Waals surface area contributed by atoms with Crippen LogP contribution in [0, 0.1) is 0 Å². The highest BCUT2D eigenvalue weighted by molar-refractivity contribution is 5.70. The molecular weight excluding hydrogens is 262 g/mol. The van der Waals surface area contributed by atoms with Gasteiger partial charge in [-0.25, -0.2) is 0 Å². The molecular formula is C18H21NO2. The van der Waals surface area contributed by atoms with Crippen molar-refractivity contribution in [2.75, 3.05) is 14.2 Å². The van der Waals surface area contributed by atoms with Gasteiger partial charge in [0.1, 0.15) is 11.5 Å². The molecule has 0 saturated carbocycles. The number of rotatable bonds is 5. The van der Waals surface area contributed by atoms with Crippen LogP contribution in [-0.2, 0) is 0 Å². The lowest BCUT2D eigenvalue weighted by molar-refractivity contribution is 0.382. The minimum atomic E-state index is 0.337. The van der Waals surface area contributed by atoms with Crippen LogP contribution in [0.15, 0.2) is 36.5 Å². The van der Waals surface area contributed by atoms with Gasteiger partial charge in [-0.15, -0.1) is 0 Å². The first-order valence-corrected chi connectivity index (χ1v) is 7.00.